The Balaban J connectivity index is 1.66. The lowest BCUT2D eigenvalue weighted by atomic mass is 10.2. The fraction of sp³-hybridized carbons (Fsp3) is 0.143. The van der Waals surface area contributed by atoms with E-state index in [1.165, 1.54) is 18.2 Å². The van der Waals surface area contributed by atoms with Gasteiger partial charge in [0.2, 0.25) is 5.91 Å². The molecular formula is C21H20FN3O. The highest BCUT2D eigenvalue weighted by Gasteiger charge is 2.15. The lowest BCUT2D eigenvalue weighted by molar-refractivity contribution is -0.117. The van der Waals surface area contributed by atoms with Crippen molar-refractivity contribution in [2.75, 3.05) is 0 Å². The average Bonchev–Trinajstić information content (AvgIpc) is 3.16. The number of nitrogens with zero attached hydrogens (tertiary/aromatic N) is 1. The summed E-state index contributed by atoms with van der Waals surface area (Å²) in [5, 5.41) is 2.94. The van der Waals surface area contributed by atoms with Crippen LogP contribution in [0.5, 0.6) is 0 Å². The van der Waals surface area contributed by atoms with Gasteiger partial charge >= 0.3 is 0 Å². The number of halogens is 1. The zero-order chi connectivity index (χ0) is 18.4. The van der Waals surface area contributed by atoms with Crippen LogP contribution in [0, 0.1) is 5.82 Å². The van der Waals surface area contributed by atoms with Crippen LogP contribution in [0.2, 0.25) is 0 Å². The molecule has 0 spiro atoms. The van der Waals surface area contributed by atoms with Crippen LogP contribution in [0.4, 0.5) is 4.39 Å². The summed E-state index contributed by atoms with van der Waals surface area (Å²) in [5.41, 5.74) is 2.72. The number of carbonyl (C=O) groups excluding carboxylic acids is 1. The first-order valence-electron chi connectivity index (χ1n) is 8.50. The molecule has 1 amide bonds. The Morgan fingerprint density at radius 2 is 1.92 bits per heavy atom. The number of hydrogen-bond acceptors (Lipinski definition) is 2. The summed E-state index contributed by atoms with van der Waals surface area (Å²) < 4.78 is 12.9. The predicted octanol–water partition coefficient (Wildman–Crippen LogP) is 4.50. The number of amides is 1. The monoisotopic (exact) mass is 349 g/mol. The van der Waals surface area contributed by atoms with E-state index < -0.39 is 0 Å². The third-order valence-electron chi connectivity index (χ3n) is 4.03. The fourth-order valence-corrected chi connectivity index (χ4v) is 2.61. The van der Waals surface area contributed by atoms with E-state index >= 15 is 0 Å². The molecule has 0 aliphatic heterocycles. The van der Waals surface area contributed by atoms with Gasteiger partial charge in [-0.15, -0.1) is 0 Å². The van der Waals surface area contributed by atoms with E-state index in [4.69, 9.17) is 0 Å². The van der Waals surface area contributed by atoms with Crippen LogP contribution < -0.4 is 5.32 Å². The number of carbonyl (C=O) groups is 1. The van der Waals surface area contributed by atoms with E-state index in [2.05, 4.69) is 15.3 Å². The van der Waals surface area contributed by atoms with E-state index in [1.54, 1.807) is 24.4 Å². The van der Waals surface area contributed by atoms with Gasteiger partial charge in [0.25, 0.3) is 0 Å². The third-order valence-corrected chi connectivity index (χ3v) is 4.03. The zero-order valence-corrected chi connectivity index (χ0v) is 14.4. The van der Waals surface area contributed by atoms with E-state index in [9.17, 15) is 9.18 Å². The van der Waals surface area contributed by atoms with Crippen molar-refractivity contribution in [1.29, 1.82) is 0 Å². The Hall–Kier alpha value is -3.21. The Morgan fingerprint density at radius 1 is 1.19 bits per heavy atom. The summed E-state index contributed by atoms with van der Waals surface area (Å²) in [4.78, 5) is 19.9. The Kier molecular flexibility index (Phi) is 5.59. The number of aromatic nitrogens is 2. The molecule has 0 saturated heterocycles. The van der Waals surface area contributed by atoms with Crippen LogP contribution in [0.3, 0.4) is 0 Å². The first-order chi connectivity index (χ1) is 12.7. The maximum atomic E-state index is 12.9. The second-order valence-electron chi connectivity index (χ2n) is 5.90. The molecule has 3 rings (SSSR count). The van der Waals surface area contributed by atoms with Crippen molar-refractivity contribution in [1.82, 2.24) is 15.3 Å². The van der Waals surface area contributed by atoms with Crippen molar-refractivity contribution >= 4 is 12.0 Å². The Bertz CT molecular complexity index is 885. The second-order valence-corrected chi connectivity index (χ2v) is 5.90. The van der Waals surface area contributed by atoms with Crippen LogP contribution in [0.25, 0.3) is 17.3 Å². The summed E-state index contributed by atoms with van der Waals surface area (Å²) in [6.07, 6.45) is 5.57. The van der Waals surface area contributed by atoms with Crippen LogP contribution >= 0.6 is 0 Å². The SMILES string of the molecule is CCC(NC(=O)C=Cc1ccc(F)cc1)c1ncc(-c2ccccc2)[nH]1. The molecule has 1 aromatic heterocycles. The largest absolute Gasteiger partial charge is 0.343 e. The van der Waals surface area contributed by atoms with Gasteiger partial charge < -0.3 is 10.3 Å². The van der Waals surface area contributed by atoms with E-state index in [0.717, 1.165) is 22.6 Å². The van der Waals surface area contributed by atoms with Crippen LogP contribution in [-0.2, 0) is 4.79 Å². The maximum Gasteiger partial charge on any atom is 0.244 e. The van der Waals surface area contributed by atoms with Crippen molar-refractivity contribution in [2.45, 2.75) is 19.4 Å². The minimum absolute atomic E-state index is 0.210. The molecule has 0 saturated carbocycles. The van der Waals surface area contributed by atoms with Crippen LogP contribution in [0.1, 0.15) is 30.8 Å². The molecule has 132 valence electrons. The Labute approximate surface area is 151 Å². The average molecular weight is 349 g/mol. The maximum absolute atomic E-state index is 12.9. The normalized spacial score (nSPS) is 12.2. The molecule has 2 N–H and O–H groups in total. The van der Waals surface area contributed by atoms with Crippen molar-refractivity contribution in [3.63, 3.8) is 0 Å². The molecule has 1 heterocycles. The van der Waals surface area contributed by atoms with Crippen LogP contribution in [0.15, 0.2) is 66.9 Å². The molecule has 5 heteroatoms. The summed E-state index contributed by atoms with van der Waals surface area (Å²) in [6.45, 7) is 1.99. The first-order valence-corrected chi connectivity index (χ1v) is 8.50. The van der Waals surface area contributed by atoms with Crippen molar-refractivity contribution < 1.29 is 9.18 Å². The molecule has 2 aromatic carbocycles. The van der Waals surface area contributed by atoms with Gasteiger partial charge in [-0.05, 0) is 35.8 Å². The molecule has 0 fully saturated rings. The number of benzene rings is 2. The van der Waals surface area contributed by atoms with E-state index in [1.807, 2.05) is 37.3 Å². The van der Waals surface area contributed by atoms with Gasteiger partial charge in [-0.1, -0.05) is 49.4 Å². The molecule has 1 unspecified atom stereocenters. The molecule has 4 nitrogen and oxygen atoms in total. The fourth-order valence-electron chi connectivity index (χ4n) is 2.61. The number of nitrogens with one attached hydrogen (secondary N) is 2. The van der Waals surface area contributed by atoms with Gasteiger partial charge in [0, 0.05) is 6.08 Å². The minimum Gasteiger partial charge on any atom is -0.343 e. The number of H-pyrrole nitrogens is 1. The highest BCUT2D eigenvalue weighted by molar-refractivity contribution is 5.91. The predicted molar refractivity (Wildman–Crippen MR) is 101 cm³/mol. The van der Waals surface area contributed by atoms with Crippen molar-refractivity contribution in [3.05, 3.63) is 84.1 Å². The lowest BCUT2D eigenvalue weighted by Gasteiger charge is -2.13. The first kappa shape index (κ1) is 17.6. The summed E-state index contributed by atoms with van der Waals surface area (Å²) in [6, 6.07) is 15.7. The smallest absolute Gasteiger partial charge is 0.244 e. The van der Waals surface area contributed by atoms with Crippen LogP contribution in [-0.4, -0.2) is 15.9 Å². The third kappa shape index (κ3) is 4.45. The number of imidazole rings is 1. The van der Waals surface area contributed by atoms with Gasteiger partial charge in [0.05, 0.1) is 17.9 Å². The lowest BCUT2D eigenvalue weighted by Crippen LogP contribution is -2.27. The summed E-state index contributed by atoms with van der Waals surface area (Å²) >= 11 is 0. The number of aromatic amines is 1. The van der Waals surface area contributed by atoms with Crippen molar-refractivity contribution in [2.24, 2.45) is 0 Å². The molecule has 0 aliphatic carbocycles. The topological polar surface area (TPSA) is 57.8 Å². The molecule has 26 heavy (non-hydrogen) atoms. The van der Waals surface area contributed by atoms with E-state index in [0.29, 0.717) is 6.42 Å². The van der Waals surface area contributed by atoms with Gasteiger partial charge in [-0.2, -0.15) is 0 Å². The minimum atomic E-state index is -0.301. The van der Waals surface area contributed by atoms with E-state index in [-0.39, 0.29) is 17.8 Å². The van der Waals surface area contributed by atoms with Gasteiger partial charge in [0.15, 0.2) is 0 Å². The zero-order valence-electron chi connectivity index (χ0n) is 14.4. The summed E-state index contributed by atoms with van der Waals surface area (Å²) in [5.74, 6) is 0.193. The Morgan fingerprint density at radius 3 is 2.62 bits per heavy atom. The highest BCUT2D eigenvalue weighted by atomic mass is 19.1. The molecular weight excluding hydrogens is 329 g/mol. The standard InChI is InChI=1S/C21H20FN3O/c1-2-18(21-23-14-19(25-21)16-6-4-3-5-7-16)24-20(26)13-10-15-8-11-17(22)12-9-15/h3-14,18H,2H2,1H3,(H,23,25)(H,24,26). The molecule has 0 bridgehead atoms. The van der Waals surface area contributed by atoms with Gasteiger partial charge in [-0.3, -0.25) is 4.79 Å². The molecule has 1 atom stereocenters. The molecule has 0 aliphatic rings. The molecule has 3 aromatic rings. The van der Waals surface area contributed by atoms with Gasteiger partial charge in [0.1, 0.15) is 11.6 Å². The second kappa shape index (κ2) is 8.25. The number of rotatable bonds is 6. The van der Waals surface area contributed by atoms with Gasteiger partial charge in [-0.25, -0.2) is 9.37 Å². The summed E-state index contributed by atoms with van der Waals surface area (Å²) in [7, 11) is 0. The van der Waals surface area contributed by atoms with Crippen molar-refractivity contribution in [3.8, 4) is 11.3 Å². The molecule has 0 radical (unpaired) electrons. The highest BCUT2D eigenvalue weighted by Crippen LogP contribution is 2.20. The quantitative estimate of drug-likeness (QED) is 0.644. The number of hydrogen-bond donors (Lipinski definition) is 2.